The largest absolute Gasteiger partial charge is 0.380 e. The SMILES string of the molecule is CCNC(=NCc1ccc(-n2ccnc2C)c(F)c1)NCCOCC.I. The first-order valence-corrected chi connectivity index (χ1v) is 8.54. The molecule has 0 radical (unpaired) electrons. The molecule has 2 N–H and O–H groups in total. The molecule has 2 rings (SSSR count). The molecule has 0 aliphatic carbocycles. The van der Waals surface area contributed by atoms with Crippen molar-refractivity contribution in [1.29, 1.82) is 0 Å². The number of nitrogens with zero attached hydrogens (tertiary/aromatic N) is 3. The summed E-state index contributed by atoms with van der Waals surface area (Å²) in [5.41, 5.74) is 1.30. The van der Waals surface area contributed by atoms with Crippen molar-refractivity contribution in [3.8, 4) is 5.69 Å². The van der Waals surface area contributed by atoms with Gasteiger partial charge in [-0.1, -0.05) is 6.07 Å². The van der Waals surface area contributed by atoms with Gasteiger partial charge in [0.25, 0.3) is 0 Å². The van der Waals surface area contributed by atoms with Crippen molar-refractivity contribution in [2.75, 3.05) is 26.3 Å². The normalized spacial score (nSPS) is 11.2. The minimum atomic E-state index is -0.289. The third-order valence-electron chi connectivity index (χ3n) is 3.60. The van der Waals surface area contributed by atoms with E-state index in [9.17, 15) is 4.39 Å². The van der Waals surface area contributed by atoms with Gasteiger partial charge >= 0.3 is 0 Å². The second kappa shape index (κ2) is 11.8. The van der Waals surface area contributed by atoms with Crippen LogP contribution in [0, 0.1) is 12.7 Å². The molecule has 1 aromatic carbocycles. The predicted octanol–water partition coefficient (Wildman–Crippen LogP) is 3.03. The number of benzene rings is 1. The summed E-state index contributed by atoms with van der Waals surface area (Å²) in [6.07, 6.45) is 3.40. The molecule has 0 amide bonds. The molecule has 144 valence electrons. The van der Waals surface area contributed by atoms with E-state index in [0.717, 1.165) is 17.9 Å². The second-order valence-electron chi connectivity index (χ2n) is 5.45. The topological polar surface area (TPSA) is 63.5 Å². The van der Waals surface area contributed by atoms with Gasteiger partial charge in [-0.25, -0.2) is 14.4 Å². The average molecular weight is 475 g/mol. The van der Waals surface area contributed by atoms with Crippen LogP contribution in [0.2, 0.25) is 0 Å². The molecule has 0 saturated carbocycles. The lowest BCUT2D eigenvalue weighted by Gasteiger charge is -2.12. The van der Waals surface area contributed by atoms with Crippen LogP contribution >= 0.6 is 24.0 Å². The molecular weight excluding hydrogens is 448 g/mol. The van der Waals surface area contributed by atoms with Gasteiger partial charge in [0.2, 0.25) is 0 Å². The van der Waals surface area contributed by atoms with E-state index in [1.54, 1.807) is 23.0 Å². The Morgan fingerprint density at radius 1 is 1.31 bits per heavy atom. The Morgan fingerprint density at radius 2 is 2.12 bits per heavy atom. The summed E-state index contributed by atoms with van der Waals surface area (Å²) >= 11 is 0. The van der Waals surface area contributed by atoms with E-state index in [0.29, 0.717) is 38.0 Å². The van der Waals surface area contributed by atoms with E-state index >= 15 is 0 Å². The number of halogens is 2. The summed E-state index contributed by atoms with van der Waals surface area (Å²) in [7, 11) is 0. The lowest BCUT2D eigenvalue weighted by atomic mass is 10.2. The highest BCUT2D eigenvalue weighted by molar-refractivity contribution is 14.0. The summed E-state index contributed by atoms with van der Waals surface area (Å²) in [5.74, 6) is 1.15. The predicted molar refractivity (Wildman–Crippen MR) is 113 cm³/mol. The summed E-state index contributed by atoms with van der Waals surface area (Å²) in [6, 6.07) is 5.15. The maximum Gasteiger partial charge on any atom is 0.191 e. The summed E-state index contributed by atoms with van der Waals surface area (Å²) in [5, 5.41) is 6.35. The Balaban J connectivity index is 0.00000338. The molecule has 0 aliphatic heterocycles. The number of hydrogen-bond donors (Lipinski definition) is 2. The zero-order valence-electron chi connectivity index (χ0n) is 15.5. The quantitative estimate of drug-likeness (QED) is 0.267. The van der Waals surface area contributed by atoms with Crippen LogP contribution in [0.3, 0.4) is 0 Å². The number of aromatic nitrogens is 2. The van der Waals surface area contributed by atoms with Crippen LogP contribution in [-0.4, -0.2) is 41.8 Å². The fourth-order valence-corrected chi connectivity index (χ4v) is 2.37. The summed E-state index contributed by atoms with van der Waals surface area (Å²) in [4.78, 5) is 8.61. The molecule has 0 spiro atoms. The Hall–Kier alpha value is -1.68. The Labute approximate surface area is 171 Å². The molecule has 0 saturated heterocycles. The van der Waals surface area contributed by atoms with E-state index in [4.69, 9.17) is 4.74 Å². The fourth-order valence-electron chi connectivity index (χ4n) is 2.37. The second-order valence-corrected chi connectivity index (χ2v) is 5.45. The third kappa shape index (κ3) is 6.56. The maximum atomic E-state index is 14.4. The first-order chi connectivity index (χ1) is 12.2. The Bertz CT molecular complexity index is 705. The molecule has 0 unspecified atom stereocenters. The maximum absolute atomic E-state index is 14.4. The van der Waals surface area contributed by atoms with Crippen molar-refractivity contribution >= 4 is 29.9 Å². The minimum Gasteiger partial charge on any atom is -0.380 e. The van der Waals surface area contributed by atoms with Crippen molar-refractivity contribution in [2.45, 2.75) is 27.3 Å². The lowest BCUT2D eigenvalue weighted by Crippen LogP contribution is -2.39. The number of hydrogen-bond acceptors (Lipinski definition) is 3. The molecular formula is C18H27FIN5O. The third-order valence-corrected chi connectivity index (χ3v) is 3.60. The van der Waals surface area contributed by atoms with Gasteiger partial charge in [0.15, 0.2) is 5.96 Å². The van der Waals surface area contributed by atoms with Crippen molar-refractivity contribution in [3.63, 3.8) is 0 Å². The van der Waals surface area contributed by atoms with Crippen molar-refractivity contribution in [1.82, 2.24) is 20.2 Å². The van der Waals surface area contributed by atoms with Gasteiger partial charge < -0.3 is 19.9 Å². The van der Waals surface area contributed by atoms with Gasteiger partial charge in [-0.15, -0.1) is 24.0 Å². The molecule has 26 heavy (non-hydrogen) atoms. The molecule has 6 nitrogen and oxygen atoms in total. The monoisotopic (exact) mass is 475 g/mol. The van der Waals surface area contributed by atoms with E-state index < -0.39 is 0 Å². The summed E-state index contributed by atoms with van der Waals surface area (Å²) < 4.78 is 21.4. The van der Waals surface area contributed by atoms with Crippen LogP contribution in [0.5, 0.6) is 0 Å². The van der Waals surface area contributed by atoms with Gasteiger partial charge in [0.1, 0.15) is 11.6 Å². The van der Waals surface area contributed by atoms with Crippen molar-refractivity contribution in [3.05, 3.63) is 47.8 Å². The molecule has 0 aliphatic rings. The molecule has 1 heterocycles. The van der Waals surface area contributed by atoms with Gasteiger partial charge in [-0.05, 0) is 38.5 Å². The minimum absolute atomic E-state index is 0. The first kappa shape index (κ1) is 22.4. The average Bonchev–Trinajstić information content (AvgIpc) is 3.02. The van der Waals surface area contributed by atoms with E-state index in [1.165, 1.54) is 6.07 Å². The number of nitrogens with one attached hydrogen (secondary N) is 2. The zero-order valence-corrected chi connectivity index (χ0v) is 17.8. The number of aryl methyl sites for hydroxylation is 1. The standard InChI is InChI=1S/C18H26FN5O.HI/c1-4-20-18(22-9-11-25-5-2)23-13-15-6-7-17(16(19)12-15)24-10-8-21-14(24)3;/h6-8,10,12H,4-5,9,11,13H2,1-3H3,(H2,20,22,23);1H. The highest BCUT2D eigenvalue weighted by Gasteiger charge is 2.08. The van der Waals surface area contributed by atoms with E-state index in [2.05, 4.69) is 20.6 Å². The van der Waals surface area contributed by atoms with Crippen LogP contribution in [0.15, 0.2) is 35.6 Å². The zero-order chi connectivity index (χ0) is 18.1. The number of rotatable bonds is 8. The van der Waals surface area contributed by atoms with Crippen molar-refractivity contribution < 1.29 is 9.13 Å². The molecule has 2 aromatic rings. The first-order valence-electron chi connectivity index (χ1n) is 8.54. The van der Waals surface area contributed by atoms with Crippen LogP contribution in [0.25, 0.3) is 5.69 Å². The smallest absolute Gasteiger partial charge is 0.191 e. The van der Waals surface area contributed by atoms with Gasteiger partial charge in [0.05, 0.1) is 18.8 Å². The molecule has 0 bridgehead atoms. The van der Waals surface area contributed by atoms with Crippen LogP contribution in [-0.2, 0) is 11.3 Å². The molecule has 0 fully saturated rings. The molecule has 0 atom stereocenters. The van der Waals surface area contributed by atoms with Crippen LogP contribution in [0.1, 0.15) is 25.2 Å². The Morgan fingerprint density at radius 3 is 2.73 bits per heavy atom. The summed E-state index contributed by atoms with van der Waals surface area (Å²) in [6.45, 7) is 8.94. The van der Waals surface area contributed by atoms with Crippen molar-refractivity contribution in [2.24, 2.45) is 4.99 Å². The lowest BCUT2D eigenvalue weighted by molar-refractivity contribution is 0.152. The number of aliphatic imine (C=N–C) groups is 1. The number of imidazole rings is 1. The highest BCUT2D eigenvalue weighted by atomic mass is 127. The molecule has 8 heteroatoms. The van der Waals surface area contributed by atoms with Crippen LogP contribution < -0.4 is 10.6 Å². The number of ether oxygens (including phenoxy) is 1. The highest BCUT2D eigenvalue weighted by Crippen LogP contribution is 2.17. The van der Waals surface area contributed by atoms with Gasteiger partial charge in [-0.2, -0.15) is 0 Å². The van der Waals surface area contributed by atoms with Gasteiger partial charge in [-0.3, -0.25) is 0 Å². The van der Waals surface area contributed by atoms with Gasteiger partial charge in [0, 0.05) is 32.1 Å². The van der Waals surface area contributed by atoms with Crippen LogP contribution in [0.4, 0.5) is 4.39 Å². The van der Waals surface area contributed by atoms with E-state index in [-0.39, 0.29) is 29.8 Å². The van der Waals surface area contributed by atoms with E-state index in [1.807, 2.05) is 26.8 Å². The number of guanidine groups is 1. The molecule has 1 aromatic heterocycles. The Kier molecular flexibility index (Phi) is 10.2. The fraction of sp³-hybridized carbons (Fsp3) is 0.444.